The van der Waals surface area contributed by atoms with Crippen molar-refractivity contribution in [3.05, 3.63) is 24.3 Å². The summed E-state index contributed by atoms with van der Waals surface area (Å²) in [4.78, 5) is 2.49. The minimum Gasteiger partial charge on any atom is -0.492 e. The number of nitrogens with two attached hydrogens (primary N) is 1. The summed E-state index contributed by atoms with van der Waals surface area (Å²) in [6, 6.07) is 8.18. The molecule has 2 rings (SSSR count). The maximum atomic E-state index is 5.80. The molecule has 0 spiro atoms. The SMILES string of the molecule is NCCCNc1ccc(OCCN2CCCCC2)cc1. The van der Waals surface area contributed by atoms with Crippen LogP contribution in [0.4, 0.5) is 5.69 Å². The maximum Gasteiger partial charge on any atom is 0.119 e. The Morgan fingerprint density at radius 2 is 1.85 bits per heavy atom. The average Bonchev–Trinajstić information content (AvgIpc) is 2.50. The molecule has 0 amide bonds. The summed E-state index contributed by atoms with van der Waals surface area (Å²) in [6.45, 7) is 5.92. The molecule has 112 valence electrons. The van der Waals surface area contributed by atoms with E-state index in [4.69, 9.17) is 10.5 Å². The molecule has 1 aliphatic heterocycles. The van der Waals surface area contributed by atoms with Crippen molar-refractivity contribution < 1.29 is 4.74 Å². The Labute approximate surface area is 122 Å². The number of nitrogens with zero attached hydrogens (tertiary/aromatic N) is 1. The highest BCUT2D eigenvalue weighted by molar-refractivity contribution is 5.46. The van der Waals surface area contributed by atoms with Gasteiger partial charge in [-0.25, -0.2) is 0 Å². The minimum absolute atomic E-state index is 0.727. The number of rotatable bonds is 8. The van der Waals surface area contributed by atoms with Crippen molar-refractivity contribution in [2.45, 2.75) is 25.7 Å². The van der Waals surface area contributed by atoms with E-state index in [1.807, 2.05) is 12.1 Å². The smallest absolute Gasteiger partial charge is 0.119 e. The fraction of sp³-hybridized carbons (Fsp3) is 0.625. The van der Waals surface area contributed by atoms with Gasteiger partial charge in [-0.05, 0) is 63.2 Å². The third-order valence-corrected chi connectivity index (χ3v) is 3.69. The van der Waals surface area contributed by atoms with Gasteiger partial charge in [-0.15, -0.1) is 0 Å². The fourth-order valence-corrected chi connectivity index (χ4v) is 2.48. The van der Waals surface area contributed by atoms with Crippen LogP contribution in [0.15, 0.2) is 24.3 Å². The normalized spacial score (nSPS) is 16.1. The van der Waals surface area contributed by atoms with Crippen LogP contribution in [-0.2, 0) is 0 Å². The lowest BCUT2D eigenvalue weighted by Gasteiger charge is -2.26. The number of piperidine rings is 1. The Kier molecular flexibility index (Phi) is 6.68. The number of nitrogens with one attached hydrogen (secondary N) is 1. The van der Waals surface area contributed by atoms with Gasteiger partial charge in [0, 0.05) is 18.8 Å². The predicted molar refractivity (Wildman–Crippen MR) is 84.4 cm³/mol. The van der Waals surface area contributed by atoms with Crippen LogP contribution in [0, 0.1) is 0 Å². The summed E-state index contributed by atoms with van der Waals surface area (Å²) < 4.78 is 5.80. The minimum atomic E-state index is 0.727. The molecular formula is C16H27N3O. The van der Waals surface area contributed by atoms with E-state index in [9.17, 15) is 0 Å². The van der Waals surface area contributed by atoms with Crippen molar-refractivity contribution >= 4 is 5.69 Å². The lowest BCUT2D eigenvalue weighted by molar-refractivity contribution is 0.183. The molecule has 20 heavy (non-hydrogen) atoms. The maximum absolute atomic E-state index is 5.80. The first kappa shape index (κ1) is 15.1. The van der Waals surface area contributed by atoms with Crippen molar-refractivity contribution in [3.8, 4) is 5.75 Å². The topological polar surface area (TPSA) is 50.5 Å². The summed E-state index contributed by atoms with van der Waals surface area (Å²) in [5.41, 5.74) is 6.60. The summed E-state index contributed by atoms with van der Waals surface area (Å²) >= 11 is 0. The van der Waals surface area contributed by atoms with Gasteiger partial charge < -0.3 is 15.8 Å². The van der Waals surface area contributed by atoms with E-state index in [1.165, 1.54) is 32.4 Å². The van der Waals surface area contributed by atoms with Crippen molar-refractivity contribution in [2.75, 3.05) is 44.6 Å². The molecule has 1 aromatic carbocycles. The second-order valence-corrected chi connectivity index (χ2v) is 5.34. The summed E-state index contributed by atoms with van der Waals surface area (Å²) in [5.74, 6) is 0.950. The molecule has 1 fully saturated rings. The molecule has 3 N–H and O–H groups in total. The number of ether oxygens (including phenoxy) is 1. The zero-order valence-corrected chi connectivity index (χ0v) is 12.3. The van der Waals surface area contributed by atoms with Crippen molar-refractivity contribution in [1.82, 2.24) is 4.90 Å². The number of benzene rings is 1. The molecule has 0 bridgehead atoms. The van der Waals surface area contributed by atoms with E-state index in [0.29, 0.717) is 0 Å². The fourth-order valence-electron chi connectivity index (χ4n) is 2.48. The quantitative estimate of drug-likeness (QED) is 0.716. The van der Waals surface area contributed by atoms with Crippen molar-refractivity contribution in [1.29, 1.82) is 0 Å². The van der Waals surface area contributed by atoms with Gasteiger partial charge >= 0.3 is 0 Å². The van der Waals surface area contributed by atoms with E-state index < -0.39 is 0 Å². The lowest BCUT2D eigenvalue weighted by Crippen LogP contribution is -2.33. The van der Waals surface area contributed by atoms with Crippen LogP contribution in [0.2, 0.25) is 0 Å². The number of likely N-dealkylation sites (tertiary alicyclic amines) is 1. The van der Waals surface area contributed by atoms with Crippen LogP contribution < -0.4 is 15.8 Å². The second kappa shape index (κ2) is 8.82. The molecule has 0 radical (unpaired) electrons. The lowest BCUT2D eigenvalue weighted by atomic mass is 10.1. The molecule has 0 saturated carbocycles. The highest BCUT2D eigenvalue weighted by atomic mass is 16.5. The Balaban J connectivity index is 1.65. The molecule has 1 saturated heterocycles. The van der Waals surface area contributed by atoms with Gasteiger partial charge in [-0.1, -0.05) is 6.42 Å². The van der Waals surface area contributed by atoms with Gasteiger partial charge in [-0.2, -0.15) is 0 Å². The van der Waals surface area contributed by atoms with Gasteiger partial charge in [0.05, 0.1) is 0 Å². The first-order chi connectivity index (χ1) is 9.88. The van der Waals surface area contributed by atoms with E-state index >= 15 is 0 Å². The van der Waals surface area contributed by atoms with E-state index in [2.05, 4.69) is 22.3 Å². The predicted octanol–water partition coefficient (Wildman–Crippen LogP) is 2.31. The Bertz CT molecular complexity index is 360. The summed E-state index contributed by atoms with van der Waals surface area (Å²) in [7, 11) is 0. The largest absolute Gasteiger partial charge is 0.492 e. The Morgan fingerprint density at radius 3 is 2.55 bits per heavy atom. The van der Waals surface area contributed by atoms with Crippen LogP contribution in [0.1, 0.15) is 25.7 Å². The van der Waals surface area contributed by atoms with Crippen LogP contribution in [0.25, 0.3) is 0 Å². The van der Waals surface area contributed by atoms with Gasteiger partial charge in [0.1, 0.15) is 12.4 Å². The molecular weight excluding hydrogens is 250 g/mol. The second-order valence-electron chi connectivity index (χ2n) is 5.34. The van der Waals surface area contributed by atoms with Crippen LogP contribution in [0.5, 0.6) is 5.75 Å². The molecule has 4 nitrogen and oxygen atoms in total. The standard InChI is InChI=1S/C16H27N3O/c17-9-4-10-18-15-5-7-16(8-6-15)20-14-13-19-11-2-1-3-12-19/h5-8,18H,1-4,9-14,17H2. The van der Waals surface area contributed by atoms with Gasteiger partial charge in [0.2, 0.25) is 0 Å². The highest BCUT2D eigenvalue weighted by Crippen LogP contribution is 2.16. The molecule has 0 atom stereocenters. The molecule has 0 aliphatic carbocycles. The van der Waals surface area contributed by atoms with Crippen LogP contribution >= 0.6 is 0 Å². The average molecular weight is 277 g/mol. The summed E-state index contributed by atoms with van der Waals surface area (Å²) in [6.07, 6.45) is 5.05. The zero-order valence-electron chi connectivity index (χ0n) is 12.3. The van der Waals surface area contributed by atoms with Crippen molar-refractivity contribution in [2.24, 2.45) is 5.73 Å². The van der Waals surface area contributed by atoms with Gasteiger partial charge in [0.25, 0.3) is 0 Å². The molecule has 1 heterocycles. The van der Waals surface area contributed by atoms with Gasteiger partial charge in [-0.3, -0.25) is 4.90 Å². The monoisotopic (exact) mass is 277 g/mol. The van der Waals surface area contributed by atoms with E-state index in [0.717, 1.165) is 44.1 Å². The molecule has 4 heteroatoms. The van der Waals surface area contributed by atoms with E-state index in [-0.39, 0.29) is 0 Å². The molecule has 0 aromatic heterocycles. The Morgan fingerprint density at radius 1 is 1.10 bits per heavy atom. The van der Waals surface area contributed by atoms with Gasteiger partial charge in [0.15, 0.2) is 0 Å². The van der Waals surface area contributed by atoms with Crippen molar-refractivity contribution in [3.63, 3.8) is 0 Å². The third-order valence-electron chi connectivity index (χ3n) is 3.69. The third kappa shape index (κ3) is 5.39. The zero-order chi connectivity index (χ0) is 14.0. The van der Waals surface area contributed by atoms with Crippen LogP contribution in [-0.4, -0.2) is 44.2 Å². The van der Waals surface area contributed by atoms with Crippen LogP contribution in [0.3, 0.4) is 0 Å². The summed E-state index contributed by atoms with van der Waals surface area (Å²) in [5, 5.41) is 3.34. The molecule has 1 aromatic rings. The number of hydrogen-bond donors (Lipinski definition) is 2. The Hall–Kier alpha value is -1.26. The molecule has 0 unspecified atom stereocenters. The number of hydrogen-bond acceptors (Lipinski definition) is 4. The molecule has 1 aliphatic rings. The first-order valence-electron chi connectivity index (χ1n) is 7.77. The van der Waals surface area contributed by atoms with E-state index in [1.54, 1.807) is 0 Å². The number of anilines is 1. The first-order valence-corrected chi connectivity index (χ1v) is 7.77. The highest BCUT2D eigenvalue weighted by Gasteiger charge is 2.09.